The number of furan rings is 2. The van der Waals surface area contributed by atoms with E-state index in [1.165, 1.54) is 34.1 Å². The molecular formula is C23H20N4O6S4. The molecule has 2 aromatic heterocycles. The van der Waals surface area contributed by atoms with Gasteiger partial charge in [-0.25, -0.2) is 0 Å². The summed E-state index contributed by atoms with van der Waals surface area (Å²) in [6.45, 7) is 0.337. The van der Waals surface area contributed by atoms with Crippen molar-refractivity contribution in [3.05, 3.63) is 58.1 Å². The minimum Gasteiger partial charge on any atom is -0.465 e. The number of carbonyl (C=O) groups excluding carboxylic acids is 4. The number of amides is 4. The van der Waals surface area contributed by atoms with Crippen LogP contribution in [0.15, 0.2) is 55.4 Å². The standard InChI is InChI=1S/C23H20N4O6S4/c28-18(6-1-8-26-20(30)16(36-22(26)34)12-14-4-2-10-32-14)24-25-19(29)7-9-27-21(31)17(37-23(27)35)13-15-5-3-11-33-15/h2-5,10-13H,1,6-9H2,(H,24,28)(H,25,29). The Labute approximate surface area is 230 Å². The van der Waals surface area contributed by atoms with Gasteiger partial charge in [-0.05, 0) is 30.7 Å². The van der Waals surface area contributed by atoms with E-state index in [-0.39, 0.29) is 37.7 Å². The van der Waals surface area contributed by atoms with Crippen LogP contribution >= 0.6 is 48.0 Å². The van der Waals surface area contributed by atoms with Crippen LogP contribution in [0.1, 0.15) is 30.8 Å². The molecule has 37 heavy (non-hydrogen) atoms. The Kier molecular flexibility index (Phi) is 8.97. The maximum absolute atomic E-state index is 12.6. The van der Waals surface area contributed by atoms with Crippen molar-refractivity contribution >= 4 is 92.4 Å². The monoisotopic (exact) mass is 576 g/mol. The van der Waals surface area contributed by atoms with Crippen molar-refractivity contribution in [1.29, 1.82) is 0 Å². The summed E-state index contributed by atoms with van der Waals surface area (Å²) in [7, 11) is 0. The number of thioether (sulfide) groups is 2. The molecule has 2 aliphatic heterocycles. The summed E-state index contributed by atoms with van der Waals surface area (Å²) in [5.41, 5.74) is 4.66. The largest absolute Gasteiger partial charge is 0.465 e. The van der Waals surface area contributed by atoms with Gasteiger partial charge >= 0.3 is 0 Å². The van der Waals surface area contributed by atoms with Crippen LogP contribution in [0.3, 0.4) is 0 Å². The van der Waals surface area contributed by atoms with Crippen LogP contribution in [0.2, 0.25) is 0 Å². The van der Waals surface area contributed by atoms with Gasteiger partial charge in [0, 0.05) is 38.1 Å². The highest BCUT2D eigenvalue weighted by Crippen LogP contribution is 2.33. The summed E-state index contributed by atoms with van der Waals surface area (Å²) in [5.74, 6) is -0.362. The van der Waals surface area contributed by atoms with Gasteiger partial charge in [0.05, 0.1) is 22.3 Å². The lowest BCUT2D eigenvalue weighted by atomic mass is 10.3. The van der Waals surface area contributed by atoms with Gasteiger partial charge in [0.25, 0.3) is 11.8 Å². The molecule has 2 saturated heterocycles. The molecular weight excluding hydrogens is 557 g/mol. The van der Waals surface area contributed by atoms with Gasteiger partial charge in [-0.2, -0.15) is 0 Å². The minimum absolute atomic E-state index is 0.0562. The number of hydrogen-bond acceptors (Lipinski definition) is 10. The molecule has 0 bridgehead atoms. The van der Waals surface area contributed by atoms with Crippen molar-refractivity contribution in [2.75, 3.05) is 13.1 Å². The zero-order valence-electron chi connectivity index (χ0n) is 19.1. The van der Waals surface area contributed by atoms with Gasteiger partial charge in [-0.15, -0.1) is 0 Å². The second-order valence-corrected chi connectivity index (χ2v) is 11.0. The van der Waals surface area contributed by atoms with Gasteiger partial charge in [-0.3, -0.25) is 39.8 Å². The highest BCUT2D eigenvalue weighted by molar-refractivity contribution is 8.27. The molecule has 2 fully saturated rings. The fourth-order valence-electron chi connectivity index (χ4n) is 3.27. The second kappa shape index (κ2) is 12.4. The van der Waals surface area contributed by atoms with Crippen LogP contribution in [0, 0.1) is 0 Å². The SMILES string of the molecule is O=C(CCCN1C(=O)C(=Cc2ccco2)SC1=S)NNC(=O)CCN1C(=O)C(=Cc2ccco2)SC1=S. The lowest BCUT2D eigenvalue weighted by Crippen LogP contribution is -2.43. The highest BCUT2D eigenvalue weighted by atomic mass is 32.2. The van der Waals surface area contributed by atoms with Crippen LogP contribution in [0.4, 0.5) is 0 Å². The number of hydrogen-bond donors (Lipinski definition) is 2. The van der Waals surface area contributed by atoms with E-state index in [1.54, 1.807) is 36.4 Å². The molecule has 4 rings (SSSR count). The lowest BCUT2D eigenvalue weighted by Gasteiger charge is -2.15. The second-order valence-electron chi connectivity index (χ2n) is 7.65. The summed E-state index contributed by atoms with van der Waals surface area (Å²) in [4.78, 5) is 53.0. The molecule has 10 nitrogen and oxygen atoms in total. The molecule has 0 spiro atoms. The molecule has 4 amide bonds. The van der Waals surface area contributed by atoms with Crippen LogP contribution in [0.25, 0.3) is 12.2 Å². The molecule has 2 N–H and O–H groups in total. The van der Waals surface area contributed by atoms with E-state index in [4.69, 9.17) is 33.3 Å². The topological polar surface area (TPSA) is 125 Å². The number of nitrogens with one attached hydrogen (secondary N) is 2. The molecule has 2 aromatic rings. The van der Waals surface area contributed by atoms with E-state index in [0.717, 1.165) is 11.8 Å². The van der Waals surface area contributed by atoms with Gasteiger partial charge in [0.15, 0.2) is 0 Å². The van der Waals surface area contributed by atoms with Crippen molar-refractivity contribution in [2.24, 2.45) is 0 Å². The zero-order chi connectivity index (χ0) is 26.4. The number of thiocarbonyl (C=S) groups is 2. The van der Waals surface area contributed by atoms with Gasteiger partial charge in [0.2, 0.25) is 11.8 Å². The predicted octanol–water partition coefficient (Wildman–Crippen LogP) is 3.29. The Balaban J connectivity index is 1.15. The third-order valence-electron chi connectivity index (χ3n) is 5.07. The molecule has 4 heterocycles. The van der Waals surface area contributed by atoms with Crippen molar-refractivity contribution in [2.45, 2.75) is 19.3 Å². The molecule has 0 aromatic carbocycles. The molecule has 192 valence electrons. The number of rotatable bonds is 9. The summed E-state index contributed by atoms with van der Waals surface area (Å²) in [6, 6.07) is 6.89. The first kappa shape index (κ1) is 26.9. The molecule has 0 saturated carbocycles. The van der Waals surface area contributed by atoms with Crippen molar-refractivity contribution in [1.82, 2.24) is 20.7 Å². The Morgan fingerprint density at radius 3 is 1.78 bits per heavy atom. The molecule has 0 unspecified atom stereocenters. The fourth-order valence-corrected chi connectivity index (χ4v) is 5.84. The number of nitrogens with zero attached hydrogens (tertiary/aromatic N) is 2. The quantitative estimate of drug-likeness (QED) is 0.261. The van der Waals surface area contributed by atoms with E-state index in [2.05, 4.69) is 10.9 Å². The zero-order valence-corrected chi connectivity index (χ0v) is 22.4. The summed E-state index contributed by atoms with van der Waals surface area (Å²) < 4.78 is 11.2. The fraction of sp³-hybridized carbons (Fsp3) is 0.217. The van der Waals surface area contributed by atoms with E-state index in [9.17, 15) is 19.2 Å². The molecule has 0 radical (unpaired) electrons. The number of hydrazine groups is 1. The van der Waals surface area contributed by atoms with Gasteiger partial charge in [-0.1, -0.05) is 48.0 Å². The minimum atomic E-state index is -0.475. The maximum atomic E-state index is 12.6. The van der Waals surface area contributed by atoms with Gasteiger partial charge < -0.3 is 8.83 Å². The molecule has 2 aliphatic rings. The summed E-state index contributed by atoms with van der Waals surface area (Å²) in [6.07, 6.45) is 6.60. The van der Waals surface area contributed by atoms with Crippen LogP contribution in [-0.2, 0) is 19.2 Å². The first-order chi connectivity index (χ1) is 17.8. The lowest BCUT2D eigenvalue weighted by molar-refractivity contribution is -0.129. The van der Waals surface area contributed by atoms with Crippen molar-refractivity contribution in [3.63, 3.8) is 0 Å². The maximum Gasteiger partial charge on any atom is 0.266 e. The smallest absolute Gasteiger partial charge is 0.266 e. The molecule has 0 atom stereocenters. The Hall–Kier alpha value is -3.20. The highest BCUT2D eigenvalue weighted by Gasteiger charge is 2.33. The molecule has 0 aliphatic carbocycles. The normalized spacial score (nSPS) is 17.9. The van der Waals surface area contributed by atoms with Gasteiger partial charge in [0.1, 0.15) is 20.2 Å². The average molecular weight is 577 g/mol. The summed E-state index contributed by atoms with van der Waals surface area (Å²) >= 11 is 12.8. The van der Waals surface area contributed by atoms with E-state index < -0.39 is 11.8 Å². The Morgan fingerprint density at radius 2 is 1.30 bits per heavy atom. The van der Waals surface area contributed by atoms with E-state index >= 15 is 0 Å². The van der Waals surface area contributed by atoms with Crippen LogP contribution < -0.4 is 10.9 Å². The average Bonchev–Trinajstić information content (AvgIpc) is 3.66. The third-order valence-corrected chi connectivity index (χ3v) is 7.83. The van der Waals surface area contributed by atoms with Crippen molar-refractivity contribution < 1.29 is 28.0 Å². The van der Waals surface area contributed by atoms with Crippen LogP contribution in [-0.4, -0.2) is 55.2 Å². The Bertz CT molecular complexity index is 1290. The van der Waals surface area contributed by atoms with Crippen molar-refractivity contribution in [3.8, 4) is 0 Å². The third kappa shape index (κ3) is 6.97. The summed E-state index contributed by atoms with van der Waals surface area (Å²) in [5, 5.41) is 0. The Morgan fingerprint density at radius 1 is 0.811 bits per heavy atom. The first-order valence-corrected chi connectivity index (χ1v) is 13.4. The van der Waals surface area contributed by atoms with Crippen LogP contribution in [0.5, 0.6) is 0 Å². The molecule has 14 heteroatoms. The first-order valence-electron chi connectivity index (χ1n) is 11.0. The van der Waals surface area contributed by atoms with E-state index in [0.29, 0.717) is 36.4 Å². The predicted molar refractivity (Wildman–Crippen MR) is 147 cm³/mol. The van der Waals surface area contributed by atoms with E-state index in [1.807, 2.05) is 0 Å². The number of carbonyl (C=O) groups is 4.